The van der Waals surface area contributed by atoms with Crippen molar-refractivity contribution in [3.8, 4) is 0 Å². The van der Waals surface area contributed by atoms with Crippen LogP contribution in [-0.4, -0.2) is 38.6 Å². The van der Waals surface area contributed by atoms with Crippen LogP contribution in [0.3, 0.4) is 0 Å². The molecule has 3 atom stereocenters. The molecule has 1 saturated heterocycles. The standard InChI is InChI=1S/C9H13N3O4/c10-7-1-2-12(9(15)11-7)8-3-5(14)6(4-13)16-8/h1-2,5-6,8,13-14H,3-4H2,(H2,10,11,15)/t5?,6-,8-/m1/s1/i1D. The zero-order chi connectivity index (χ0) is 12.6. The summed E-state index contributed by atoms with van der Waals surface area (Å²) in [5.74, 6) is 0. The lowest BCUT2D eigenvalue weighted by atomic mass is 10.2. The van der Waals surface area contributed by atoms with Gasteiger partial charge in [-0.2, -0.15) is 0 Å². The molecule has 0 amide bonds. The lowest BCUT2D eigenvalue weighted by molar-refractivity contribution is -0.0459. The summed E-state index contributed by atoms with van der Waals surface area (Å²) in [6.07, 6.45) is -0.956. The summed E-state index contributed by atoms with van der Waals surface area (Å²) < 4.78 is 13.8. The SMILES string of the molecule is [2H]c1cn([C@H]2CC(O)[C@@H](CO)O2)c(=O)[nH]c1=N. The molecule has 16 heavy (non-hydrogen) atoms. The maximum Gasteiger partial charge on any atom is 0.329 e. The number of aliphatic hydroxyl groups is 2. The van der Waals surface area contributed by atoms with Crippen LogP contribution in [0.4, 0.5) is 0 Å². The second-order valence-electron chi connectivity index (χ2n) is 3.60. The van der Waals surface area contributed by atoms with E-state index in [1.165, 1.54) is 6.20 Å². The number of aromatic amines is 1. The minimum Gasteiger partial charge on any atom is -0.394 e. The number of H-pyrrole nitrogens is 1. The predicted molar refractivity (Wildman–Crippen MR) is 52.5 cm³/mol. The number of hydrogen-bond acceptors (Lipinski definition) is 5. The van der Waals surface area contributed by atoms with Crippen molar-refractivity contribution in [2.75, 3.05) is 6.61 Å². The molecule has 2 heterocycles. The maximum absolute atomic E-state index is 11.6. The zero-order valence-electron chi connectivity index (χ0n) is 9.38. The number of ether oxygens (including phenoxy) is 1. The lowest BCUT2D eigenvalue weighted by Crippen LogP contribution is -2.31. The van der Waals surface area contributed by atoms with Gasteiger partial charge in [-0.25, -0.2) is 4.79 Å². The molecule has 0 saturated carbocycles. The van der Waals surface area contributed by atoms with E-state index in [1.807, 2.05) is 0 Å². The van der Waals surface area contributed by atoms with Gasteiger partial charge in [0, 0.05) is 12.6 Å². The van der Waals surface area contributed by atoms with Gasteiger partial charge < -0.3 is 14.9 Å². The average Bonchev–Trinajstić information content (AvgIpc) is 2.65. The highest BCUT2D eigenvalue weighted by molar-refractivity contribution is 4.87. The van der Waals surface area contributed by atoms with Crippen molar-refractivity contribution in [2.24, 2.45) is 0 Å². The first-order chi connectivity index (χ1) is 8.02. The van der Waals surface area contributed by atoms with E-state index in [9.17, 15) is 9.90 Å². The fraction of sp³-hybridized carbons (Fsp3) is 0.556. The van der Waals surface area contributed by atoms with E-state index in [4.69, 9.17) is 16.6 Å². The molecule has 1 aromatic rings. The van der Waals surface area contributed by atoms with Crippen molar-refractivity contribution in [3.63, 3.8) is 0 Å². The molecule has 1 aromatic heterocycles. The second kappa shape index (κ2) is 4.20. The van der Waals surface area contributed by atoms with Crippen molar-refractivity contribution in [1.29, 1.82) is 5.41 Å². The zero-order valence-corrected chi connectivity index (χ0v) is 8.38. The van der Waals surface area contributed by atoms with Crippen LogP contribution in [0.25, 0.3) is 0 Å². The summed E-state index contributed by atoms with van der Waals surface area (Å²) in [6.45, 7) is -0.333. The Morgan fingerprint density at radius 1 is 1.81 bits per heavy atom. The van der Waals surface area contributed by atoms with Gasteiger partial charge >= 0.3 is 5.69 Å². The Morgan fingerprint density at radius 2 is 2.56 bits per heavy atom. The fourth-order valence-electron chi connectivity index (χ4n) is 1.66. The molecule has 1 aliphatic rings. The van der Waals surface area contributed by atoms with E-state index in [0.717, 1.165) is 4.57 Å². The van der Waals surface area contributed by atoms with Crippen molar-refractivity contribution < 1.29 is 16.3 Å². The molecule has 1 unspecified atom stereocenters. The molecule has 1 aliphatic heterocycles. The van der Waals surface area contributed by atoms with Crippen LogP contribution in [0.5, 0.6) is 0 Å². The number of aromatic nitrogens is 2. The average molecular weight is 228 g/mol. The van der Waals surface area contributed by atoms with Crippen LogP contribution >= 0.6 is 0 Å². The van der Waals surface area contributed by atoms with Gasteiger partial charge in [-0.15, -0.1) is 0 Å². The molecule has 0 radical (unpaired) electrons. The second-order valence-corrected chi connectivity index (χ2v) is 3.60. The predicted octanol–water partition coefficient (Wildman–Crippen LogP) is -1.70. The summed E-state index contributed by atoms with van der Waals surface area (Å²) in [5.41, 5.74) is -0.856. The minimum atomic E-state index is -0.846. The molecule has 4 N–H and O–H groups in total. The van der Waals surface area contributed by atoms with E-state index in [-0.39, 0.29) is 24.6 Å². The van der Waals surface area contributed by atoms with Crippen molar-refractivity contribution in [1.82, 2.24) is 9.55 Å². The molecule has 1 fully saturated rings. The normalized spacial score (nSPS) is 30.4. The van der Waals surface area contributed by atoms with E-state index in [2.05, 4.69) is 4.98 Å². The molecule has 88 valence electrons. The third-order valence-electron chi connectivity index (χ3n) is 2.51. The molecule has 0 aromatic carbocycles. The number of nitrogens with one attached hydrogen (secondary N) is 2. The quantitative estimate of drug-likeness (QED) is 0.483. The van der Waals surface area contributed by atoms with E-state index in [0.29, 0.717) is 0 Å². The van der Waals surface area contributed by atoms with Gasteiger partial charge in [0.25, 0.3) is 0 Å². The van der Waals surface area contributed by atoms with Gasteiger partial charge in [-0.1, -0.05) is 0 Å². The molecule has 7 nitrogen and oxygen atoms in total. The van der Waals surface area contributed by atoms with Gasteiger partial charge in [0.05, 0.1) is 14.1 Å². The first kappa shape index (κ1) is 9.76. The highest BCUT2D eigenvalue weighted by Gasteiger charge is 2.34. The minimum absolute atomic E-state index is 0.143. The van der Waals surface area contributed by atoms with E-state index in [1.54, 1.807) is 0 Å². The number of rotatable bonds is 2. The monoisotopic (exact) mass is 228 g/mol. The highest BCUT2D eigenvalue weighted by atomic mass is 16.5. The summed E-state index contributed by atoms with van der Waals surface area (Å²) in [4.78, 5) is 13.8. The molecular weight excluding hydrogens is 214 g/mol. The highest BCUT2D eigenvalue weighted by Crippen LogP contribution is 2.26. The smallest absolute Gasteiger partial charge is 0.329 e. The summed E-state index contributed by atoms with van der Waals surface area (Å²) >= 11 is 0. The first-order valence-electron chi connectivity index (χ1n) is 5.34. The third-order valence-corrected chi connectivity index (χ3v) is 2.51. The third kappa shape index (κ3) is 1.92. The Labute approximate surface area is 91.9 Å². The van der Waals surface area contributed by atoms with Gasteiger partial charge in [0.1, 0.15) is 17.8 Å². The van der Waals surface area contributed by atoms with Gasteiger partial charge in [0.15, 0.2) is 0 Å². The molecule has 0 spiro atoms. The van der Waals surface area contributed by atoms with Crippen molar-refractivity contribution >= 4 is 0 Å². The Hall–Kier alpha value is -1.44. The maximum atomic E-state index is 11.6. The van der Waals surface area contributed by atoms with Gasteiger partial charge in [-0.3, -0.25) is 15.0 Å². The summed E-state index contributed by atoms with van der Waals surface area (Å²) in [6, 6.07) is -0.143. The largest absolute Gasteiger partial charge is 0.394 e. The van der Waals surface area contributed by atoms with Crippen LogP contribution in [0.1, 0.15) is 14.0 Å². The Balaban J connectivity index is 2.34. The van der Waals surface area contributed by atoms with Gasteiger partial charge in [0.2, 0.25) is 0 Å². The fourth-order valence-corrected chi connectivity index (χ4v) is 1.66. The Kier molecular flexibility index (Phi) is 2.56. The molecule has 7 heteroatoms. The van der Waals surface area contributed by atoms with E-state index < -0.39 is 24.1 Å². The molecule has 0 aliphatic carbocycles. The molecule has 2 rings (SSSR count). The number of hydrogen-bond donors (Lipinski definition) is 4. The Morgan fingerprint density at radius 3 is 3.19 bits per heavy atom. The van der Waals surface area contributed by atoms with Crippen LogP contribution in [0.15, 0.2) is 17.0 Å². The van der Waals surface area contributed by atoms with Crippen LogP contribution in [0, 0.1) is 5.41 Å². The first-order valence-corrected chi connectivity index (χ1v) is 4.84. The number of nitrogens with zero attached hydrogens (tertiary/aromatic N) is 1. The van der Waals surface area contributed by atoms with Gasteiger partial charge in [-0.05, 0) is 6.04 Å². The van der Waals surface area contributed by atoms with Crippen LogP contribution in [-0.2, 0) is 4.74 Å². The van der Waals surface area contributed by atoms with Crippen LogP contribution in [0.2, 0.25) is 0 Å². The number of aliphatic hydroxyl groups excluding tert-OH is 2. The lowest BCUT2D eigenvalue weighted by Gasteiger charge is -2.13. The molecular formula is C9H13N3O4. The van der Waals surface area contributed by atoms with Crippen LogP contribution < -0.4 is 11.2 Å². The topological polar surface area (TPSA) is 111 Å². The van der Waals surface area contributed by atoms with E-state index >= 15 is 0 Å². The Bertz CT molecular complexity index is 526. The summed E-state index contributed by atoms with van der Waals surface area (Å²) in [5, 5.41) is 25.7. The van der Waals surface area contributed by atoms with Crippen molar-refractivity contribution in [2.45, 2.75) is 24.9 Å². The molecule has 0 bridgehead atoms. The van der Waals surface area contributed by atoms with Crippen molar-refractivity contribution in [3.05, 3.63) is 28.2 Å². The summed E-state index contributed by atoms with van der Waals surface area (Å²) in [7, 11) is 0.